The zero-order valence-electron chi connectivity index (χ0n) is 12.4. The van der Waals surface area contributed by atoms with Crippen LogP contribution >= 0.6 is 11.6 Å². The summed E-state index contributed by atoms with van der Waals surface area (Å²) in [6.07, 6.45) is 6.02. The molecule has 0 aromatic carbocycles. The minimum atomic E-state index is 0.618. The molecule has 5 nitrogen and oxygen atoms in total. The molecule has 0 radical (unpaired) electrons. The molecule has 0 bridgehead atoms. The molecule has 0 atom stereocenters. The van der Waals surface area contributed by atoms with E-state index in [9.17, 15) is 0 Å². The summed E-state index contributed by atoms with van der Waals surface area (Å²) in [6, 6.07) is 2.64. The van der Waals surface area contributed by atoms with Gasteiger partial charge in [0.2, 0.25) is 0 Å². The number of rotatable bonds is 6. The van der Waals surface area contributed by atoms with Crippen LogP contribution in [-0.4, -0.2) is 25.8 Å². The van der Waals surface area contributed by atoms with E-state index in [1.807, 2.05) is 19.2 Å². The van der Waals surface area contributed by atoms with Gasteiger partial charge in [-0.25, -0.2) is 9.97 Å². The first kappa shape index (κ1) is 14.5. The first-order valence-corrected chi connectivity index (χ1v) is 7.92. The Balaban J connectivity index is 1.85. The summed E-state index contributed by atoms with van der Waals surface area (Å²) >= 11 is 6.40. The van der Waals surface area contributed by atoms with Crippen LogP contribution in [-0.2, 0) is 19.4 Å². The van der Waals surface area contributed by atoms with Crippen LogP contribution in [0.2, 0.25) is 5.02 Å². The number of halogens is 1. The second-order valence-corrected chi connectivity index (χ2v) is 5.77. The molecule has 6 heteroatoms. The number of aromatic nitrogens is 4. The van der Waals surface area contributed by atoms with E-state index in [-0.39, 0.29) is 0 Å². The van der Waals surface area contributed by atoms with Crippen molar-refractivity contribution in [2.75, 3.05) is 0 Å². The van der Waals surface area contributed by atoms with Crippen LogP contribution < -0.4 is 5.32 Å². The van der Waals surface area contributed by atoms with Gasteiger partial charge in [0.1, 0.15) is 5.82 Å². The van der Waals surface area contributed by atoms with Gasteiger partial charge in [-0.2, -0.15) is 4.68 Å². The summed E-state index contributed by atoms with van der Waals surface area (Å²) in [5, 5.41) is 8.57. The molecule has 1 saturated carbocycles. The van der Waals surface area contributed by atoms with Gasteiger partial charge in [0.15, 0.2) is 11.6 Å². The highest BCUT2D eigenvalue weighted by atomic mass is 35.5. The maximum atomic E-state index is 6.40. The summed E-state index contributed by atoms with van der Waals surface area (Å²) in [5.41, 5.74) is 1.10. The van der Waals surface area contributed by atoms with Crippen molar-refractivity contribution in [3.63, 3.8) is 0 Å². The third kappa shape index (κ3) is 3.24. The monoisotopic (exact) mass is 305 g/mol. The van der Waals surface area contributed by atoms with Crippen molar-refractivity contribution in [2.45, 2.75) is 52.1 Å². The van der Waals surface area contributed by atoms with E-state index in [0.717, 1.165) is 36.6 Å². The highest BCUT2D eigenvalue weighted by Crippen LogP contribution is 2.22. The van der Waals surface area contributed by atoms with Gasteiger partial charge < -0.3 is 5.32 Å². The van der Waals surface area contributed by atoms with Crippen molar-refractivity contribution >= 4 is 11.6 Å². The molecule has 0 amide bonds. The lowest BCUT2D eigenvalue weighted by molar-refractivity contribution is 0.684. The SMILES string of the molecule is CCc1nc(CC)n(-c2ncc(CNC3CC3)cc2Cl)n1. The van der Waals surface area contributed by atoms with E-state index >= 15 is 0 Å². The van der Waals surface area contributed by atoms with Crippen LogP contribution in [0, 0.1) is 0 Å². The summed E-state index contributed by atoms with van der Waals surface area (Å²) in [4.78, 5) is 8.99. The average molecular weight is 306 g/mol. The van der Waals surface area contributed by atoms with E-state index in [2.05, 4.69) is 27.3 Å². The lowest BCUT2D eigenvalue weighted by atomic mass is 10.2. The lowest BCUT2D eigenvalue weighted by Gasteiger charge is -2.08. The van der Waals surface area contributed by atoms with E-state index in [0.29, 0.717) is 16.9 Å². The Morgan fingerprint density at radius 3 is 2.76 bits per heavy atom. The van der Waals surface area contributed by atoms with E-state index in [1.165, 1.54) is 12.8 Å². The molecule has 1 aliphatic carbocycles. The van der Waals surface area contributed by atoms with Gasteiger partial charge in [0.25, 0.3) is 0 Å². The molecule has 112 valence electrons. The van der Waals surface area contributed by atoms with Gasteiger partial charge in [0, 0.05) is 31.6 Å². The van der Waals surface area contributed by atoms with Gasteiger partial charge in [-0.3, -0.25) is 0 Å². The van der Waals surface area contributed by atoms with Gasteiger partial charge in [0.05, 0.1) is 5.02 Å². The Bertz CT molecular complexity index is 633. The van der Waals surface area contributed by atoms with Crippen LogP contribution in [0.4, 0.5) is 0 Å². The summed E-state index contributed by atoms with van der Waals surface area (Å²) < 4.78 is 1.76. The van der Waals surface area contributed by atoms with E-state index in [4.69, 9.17) is 11.6 Å². The summed E-state index contributed by atoms with van der Waals surface area (Å²) in [7, 11) is 0. The lowest BCUT2D eigenvalue weighted by Crippen LogP contribution is -2.15. The number of nitrogens with one attached hydrogen (secondary N) is 1. The maximum Gasteiger partial charge on any atom is 0.174 e. The fourth-order valence-electron chi connectivity index (χ4n) is 2.21. The van der Waals surface area contributed by atoms with Crippen molar-refractivity contribution in [1.29, 1.82) is 0 Å². The van der Waals surface area contributed by atoms with Crippen LogP contribution in [0.25, 0.3) is 5.82 Å². The quantitative estimate of drug-likeness (QED) is 0.891. The first-order chi connectivity index (χ1) is 10.2. The molecule has 1 aliphatic rings. The summed E-state index contributed by atoms with van der Waals surface area (Å²) in [6.45, 7) is 4.92. The zero-order valence-corrected chi connectivity index (χ0v) is 13.2. The number of hydrogen-bond acceptors (Lipinski definition) is 4. The number of aryl methyl sites for hydroxylation is 2. The van der Waals surface area contributed by atoms with Gasteiger partial charge in [-0.05, 0) is 24.5 Å². The van der Waals surface area contributed by atoms with Crippen molar-refractivity contribution < 1.29 is 0 Å². The molecule has 3 rings (SSSR count). The molecular formula is C15H20ClN5. The zero-order chi connectivity index (χ0) is 14.8. The van der Waals surface area contributed by atoms with E-state index < -0.39 is 0 Å². The standard InChI is InChI=1S/C15H20ClN5/c1-3-13-19-14(4-2)21(20-13)15-12(16)7-10(9-18-15)8-17-11-5-6-11/h7,9,11,17H,3-6,8H2,1-2H3. The van der Waals surface area contributed by atoms with Crippen molar-refractivity contribution in [2.24, 2.45) is 0 Å². The molecule has 2 heterocycles. The molecule has 0 aliphatic heterocycles. The third-order valence-corrected chi connectivity index (χ3v) is 3.88. The second-order valence-electron chi connectivity index (χ2n) is 5.37. The molecule has 2 aromatic rings. The van der Waals surface area contributed by atoms with Crippen molar-refractivity contribution in [3.8, 4) is 5.82 Å². The molecule has 2 aromatic heterocycles. The molecule has 21 heavy (non-hydrogen) atoms. The minimum absolute atomic E-state index is 0.618. The van der Waals surface area contributed by atoms with Gasteiger partial charge in [-0.15, -0.1) is 5.10 Å². The first-order valence-electron chi connectivity index (χ1n) is 7.54. The Morgan fingerprint density at radius 1 is 1.33 bits per heavy atom. The predicted molar refractivity (Wildman–Crippen MR) is 82.8 cm³/mol. The topological polar surface area (TPSA) is 55.6 Å². The fourth-order valence-corrected chi connectivity index (χ4v) is 2.48. The predicted octanol–water partition coefficient (Wildman–Crippen LogP) is 2.69. The maximum absolute atomic E-state index is 6.40. The number of hydrogen-bond donors (Lipinski definition) is 1. The van der Waals surface area contributed by atoms with Crippen LogP contribution in [0.5, 0.6) is 0 Å². The van der Waals surface area contributed by atoms with Gasteiger partial charge in [-0.1, -0.05) is 25.4 Å². The third-order valence-electron chi connectivity index (χ3n) is 3.60. The van der Waals surface area contributed by atoms with Crippen LogP contribution in [0.1, 0.15) is 43.9 Å². The molecule has 1 N–H and O–H groups in total. The Hall–Kier alpha value is -1.46. The Labute approximate surface area is 129 Å². The molecular weight excluding hydrogens is 286 g/mol. The Morgan fingerprint density at radius 2 is 2.14 bits per heavy atom. The van der Waals surface area contributed by atoms with Crippen LogP contribution in [0.3, 0.4) is 0 Å². The smallest absolute Gasteiger partial charge is 0.174 e. The fraction of sp³-hybridized carbons (Fsp3) is 0.533. The van der Waals surface area contributed by atoms with Crippen molar-refractivity contribution in [3.05, 3.63) is 34.5 Å². The minimum Gasteiger partial charge on any atom is -0.310 e. The van der Waals surface area contributed by atoms with Crippen molar-refractivity contribution in [1.82, 2.24) is 25.1 Å². The summed E-state index contributed by atoms with van der Waals surface area (Å²) in [5.74, 6) is 2.38. The molecule has 0 spiro atoms. The molecule has 1 fully saturated rings. The Kier molecular flexibility index (Phi) is 4.22. The van der Waals surface area contributed by atoms with Crippen LogP contribution in [0.15, 0.2) is 12.3 Å². The largest absolute Gasteiger partial charge is 0.310 e. The highest BCUT2D eigenvalue weighted by molar-refractivity contribution is 6.32. The highest BCUT2D eigenvalue weighted by Gasteiger charge is 2.20. The number of nitrogens with zero attached hydrogens (tertiary/aromatic N) is 4. The number of pyridine rings is 1. The second kappa shape index (κ2) is 6.12. The average Bonchev–Trinajstić information content (AvgIpc) is 3.23. The van der Waals surface area contributed by atoms with E-state index in [1.54, 1.807) is 4.68 Å². The molecule has 0 unspecified atom stereocenters. The normalized spacial score (nSPS) is 14.6. The molecule has 0 saturated heterocycles. The van der Waals surface area contributed by atoms with Gasteiger partial charge >= 0.3 is 0 Å².